The zero-order chi connectivity index (χ0) is 27.2. The van der Waals surface area contributed by atoms with Crippen molar-refractivity contribution >= 4 is 32.7 Å². The van der Waals surface area contributed by atoms with E-state index in [9.17, 15) is 0 Å². The molecule has 6 aromatic carbocycles. The molecule has 2 aromatic heterocycles. The Bertz CT molecular complexity index is 2200. The molecule has 0 N–H and O–H groups in total. The average Bonchev–Trinajstić information content (AvgIpc) is 3.44. The van der Waals surface area contributed by atoms with E-state index < -0.39 is 0 Å². The van der Waals surface area contributed by atoms with Crippen LogP contribution in [0, 0.1) is 0 Å². The molecule has 0 unspecified atom stereocenters. The largest absolute Gasteiger partial charge is 0.456 e. The van der Waals surface area contributed by atoms with Crippen molar-refractivity contribution in [3.05, 3.63) is 140 Å². The van der Waals surface area contributed by atoms with E-state index in [1.54, 1.807) is 0 Å². The predicted octanol–water partition coefficient (Wildman–Crippen LogP) is 9.59. The molecule has 0 aliphatic heterocycles. The molecule has 2 heterocycles. The van der Waals surface area contributed by atoms with Gasteiger partial charge in [-0.05, 0) is 40.1 Å². The second-order valence-corrected chi connectivity index (χ2v) is 10.0. The Hall–Kier alpha value is -5.61. The first-order valence-corrected chi connectivity index (χ1v) is 13.6. The standard InChI is InChI=1S/C37H23N3O/c1-3-12-24(13-4-1)26-16-7-8-17-29(26)36-38-35(25-14-5-2-6-15-25)39-37(40-36)30-20-11-19-28-27(30)22-23-33-34(28)31-18-9-10-21-32(31)41-33/h1-23H. The Balaban J connectivity index is 1.40. The molecule has 0 radical (unpaired) electrons. The lowest BCUT2D eigenvalue weighted by molar-refractivity contribution is 0.669. The molecule has 4 nitrogen and oxygen atoms in total. The lowest BCUT2D eigenvalue weighted by atomic mass is 9.98. The summed E-state index contributed by atoms with van der Waals surface area (Å²) in [5.74, 6) is 1.91. The summed E-state index contributed by atoms with van der Waals surface area (Å²) in [5, 5.41) is 4.38. The SMILES string of the molecule is c1ccc(-c2nc(-c3ccccc3-c3ccccc3)nc(-c3cccc4c3ccc3oc5ccccc5c34)n2)cc1. The molecule has 0 atom stereocenters. The molecule has 0 fully saturated rings. The summed E-state index contributed by atoms with van der Waals surface area (Å²) in [6, 6.07) is 47.4. The van der Waals surface area contributed by atoms with Crippen LogP contribution in [-0.4, -0.2) is 15.0 Å². The fraction of sp³-hybridized carbons (Fsp3) is 0. The van der Waals surface area contributed by atoms with Crippen molar-refractivity contribution in [2.45, 2.75) is 0 Å². The smallest absolute Gasteiger partial charge is 0.164 e. The van der Waals surface area contributed by atoms with Crippen LogP contribution in [0.1, 0.15) is 0 Å². The summed E-state index contributed by atoms with van der Waals surface area (Å²) in [7, 11) is 0. The Morgan fingerprint density at radius 3 is 1.73 bits per heavy atom. The molecule has 192 valence electrons. The van der Waals surface area contributed by atoms with Gasteiger partial charge < -0.3 is 4.42 Å². The summed E-state index contributed by atoms with van der Waals surface area (Å²) in [6.07, 6.45) is 0. The molecule has 8 rings (SSSR count). The third-order valence-corrected chi connectivity index (χ3v) is 7.56. The molecule has 8 aromatic rings. The highest BCUT2D eigenvalue weighted by Crippen LogP contribution is 2.38. The fourth-order valence-electron chi connectivity index (χ4n) is 5.66. The van der Waals surface area contributed by atoms with Gasteiger partial charge in [0, 0.05) is 27.5 Å². The monoisotopic (exact) mass is 525 g/mol. The Labute approximate surface area is 236 Å². The van der Waals surface area contributed by atoms with Crippen molar-refractivity contribution in [2.75, 3.05) is 0 Å². The van der Waals surface area contributed by atoms with Crippen LogP contribution in [0.15, 0.2) is 144 Å². The zero-order valence-electron chi connectivity index (χ0n) is 22.0. The van der Waals surface area contributed by atoms with E-state index in [1.807, 2.05) is 60.7 Å². The van der Waals surface area contributed by atoms with Crippen molar-refractivity contribution in [2.24, 2.45) is 0 Å². The second-order valence-electron chi connectivity index (χ2n) is 10.0. The van der Waals surface area contributed by atoms with E-state index in [1.165, 1.54) is 0 Å². The number of aromatic nitrogens is 3. The Kier molecular flexibility index (Phi) is 5.42. The molecule has 0 aliphatic rings. The van der Waals surface area contributed by atoms with Gasteiger partial charge in [0.05, 0.1) is 0 Å². The molecular weight excluding hydrogens is 502 g/mol. The Morgan fingerprint density at radius 1 is 0.341 bits per heavy atom. The number of hydrogen-bond donors (Lipinski definition) is 0. The van der Waals surface area contributed by atoms with Gasteiger partial charge in [0.25, 0.3) is 0 Å². The van der Waals surface area contributed by atoms with Gasteiger partial charge in [-0.15, -0.1) is 0 Å². The maximum Gasteiger partial charge on any atom is 0.164 e. The molecular formula is C37H23N3O. The maximum absolute atomic E-state index is 6.17. The predicted molar refractivity (Wildman–Crippen MR) is 166 cm³/mol. The zero-order valence-corrected chi connectivity index (χ0v) is 22.0. The third kappa shape index (κ3) is 3.97. The number of para-hydroxylation sites is 1. The van der Waals surface area contributed by atoms with Crippen molar-refractivity contribution < 1.29 is 4.42 Å². The van der Waals surface area contributed by atoms with Crippen LogP contribution in [0.5, 0.6) is 0 Å². The van der Waals surface area contributed by atoms with E-state index in [2.05, 4.69) is 78.9 Å². The summed E-state index contributed by atoms with van der Waals surface area (Å²) in [6.45, 7) is 0. The normalized spacial score (nSPS) is 11.4. The minimum Gasteiger partial charge on any atom is -0.456 e. The summed E-state index contributed by atoms with van der Waals surface area (Å²) < 4.78 is 6.17. The van der Waals surface area contributed by atoms with Crippen LogP contribution in [0.3, 0.4) is 0 Å². The highest BCUT2D eigenvalue weighted by Gasteiger charge is 2.18. The Morgan fingerprint density at radius 2 is 0.927 bits per heavy atom. The van der Waals surface area contributed by atoms with E-state index in [0.717, 1.165) is 60.5 Å². The van der Waals surface area contributed by atoms with Crippen LogP contribution in [0.25, 0.3) is 78.0 Å². The highest BCUT2D eigenvalue weighted by atomic mass is 16.3. The van der Waals surface area contributed by atoms with Gasteiger partial charge in [-0.25, -0.2) is 15.0 Å². The van der Waals surface area contributed by atoms with Gasteiger partial charge in [0.1, 0.15) is 11.2 Å². The van der Waals surface area contributed by atoms with Crippen molar-refractivity contribution in [3.63, 3.8) is 0 Å². The molecule has 0 aliphatic carbocycles. The van der Waals surface area contributed by atoms with Crippen molar-refractivity contribution in [3.8, 4) is 45.3 Å². The molecule has 0 spiro atoms. The third-order valence-electron chi connectivity index (χ3n) is 7.56. The van der Waals surface area contributed by atoms with Crippen molar-refractivity contribution in [1.82, 2.24) is 15.0 Å². The number of rotatable bonds is 4. The number of benzene rings is 6. The average molecular weight is 526 g/mol. The van der Waals surface area contributed by atoms with Gasteiger partial charge in [0.2, 0.25) is 0 Å². The number of nitrogens with zero attached hydrogens (tertiary/aromatic N) is 3. The first kappa shape index (κ1) is 23.3. The molecule has 4 heteroatoms. The fourth-order valence-corrected chi connectivity index (χ4v) is 5.66. The molecule has 0 bridgehead atoms. The molecule has 0 saturated heterocycles. The lowest BCUT2D eigenvalue weighted by Gasteiger charge is -2.13. The molecule has 0 saturated carbocycles. The van der Waals surface area contributed by atoms with Gasteiger partial charge in [-0.3, -0.25) is 0 Å². The number of furan rings is 1. The number of hydrogen-bond acceptors (Lipinski definition) is 4. The van der Waals surface area contributed by atoms with E-state index in [4.69, 9.17) is 19.4 Å². The summed E-state index contributed by atoms with van der Waals surface area (Å²) in [5.41, 5.74) is 6.80. The first-order valence-electron chi connectivity index (χ1n) is 13.6. The summed E-state index contributed by atoms with van der Waals surface area (Å²) in [4.78, 5) is 15.2. The molecule has 41 heavy (non-hydrogen) atoms. The van der Waals surface area contributed by atoms with Crippen LogP contribution in [0.2, 0.25) is 0 Å². The highest BCUT2D eigenvalue weighted by molar-refractivity contribution is 6.20. The van der Waals surface area contributed by atoms with Crippen LogP contribution >= 0.6 is 0 Å². The lowest BCUT2D eigenvalue weighted by Crippen LogP contribution is -2.01. The topological polar surface area (TPSA) is 51.8 Å². The minimum absolute atomic E-state index is 0.634. The van der Waals surface area contributed by atoms with Crippen LogP contribution in [-0.2, 0) is 0 Å². The maximum atomic E-state index is 6.17. The van der Waals surface area contributed by atoms with Gasteiger partial charge >= 0.3 is 0 Å². The second kappa shape index (κ2) is 9.54. The van der Waals surface area contributed by atoms with Crippen LogP contribution in [0.4, 0.5) is 0 Å². The quantitative estimate of drug-likeness (QED) is 0.230. The van der Waals surface area contributed by atoms with E-state index >= 15 is 0 Å². The van der Waals surface area contributed by atoms with Gasteiger partial charge in [0.15, 0.2) is 17.5 Å². The van der Waals surface area contributed by atoms with E-state index in [-0.39, 0.29) is 0 Å². The minimum atomic E-state index is 0.634. The number of fused-ring (bicyclic) bond motifs is 5. The van der Waals surface area contributed by atoms with Crippen molar-refractivity contribution in [1.29, 1.82) is 0 Å². The van der Waals surface area contributed by atoms with E-state index in [0.29, 0.717) is 17.5 Å². The molecule has 0 amide bonds. The van der Waals surface area contributed by atoms with Gasteiger partial charge in [-0.2, -0.15) is 0 Å². The van der Waals surface area contributed by atoms with Gasteiger partial charge in [-0.1, -0.05) is 121 Å². The summed E-state index contributed by atoms with van der Waals surface area (Å²) >= 11 is 0. The van der Waals surface area contributed by atoms with Crippen LogP contribution < -0.4 is 0 Å². The first-order chi connectivity index (χ1) is 20.3.